The van der Waals surface area contributed by atoms with Gasteiger partial charge in [-0.3, -0.25) is 4.79 Å². The van der Waals surface area contributed by atoms with Gasteiger partial charge in [0.1, 0.15) is 5.82 Å². The molecule has 0 radical (unpaired) electrons. The van der Waals surface area contributed by atoms with Crippen LogP contribution in [0.2, 0.25) is 0 Å². The summed E-state index contributed by atoms with van der Waals surface area (Å²) >= 11 is 0. The largest absolute Gasteiger partial charge is 0.392 e. The van der Waals surface area contributed by atoms with Crippen LogP contribution in [0.1, 0.15) is 32.0 Å². The van der Waals surface area contributed by atoms with Crippen molar-refractivity contribution >= 4 is 11.6 Å². The van der Waals surface area contributed by atoms with Crippen LogP contribution in [0.3, 0.4) is 0 Å². The van der Waals surface area contributed by atoms with Gasteiger partial charge < -0.3 is 10.4 Å². The van der Waals surface area contributed by atoms with E-state index in [-0.39, 0.29) is 11.8 Å². The molecule has 2 unspecified atom stereocenters. The number of carbonyl (C=O) groups is 1. The van der Waals surface area contributed by atoms with Crippen molar-refractivity contribution in [3.63, 3.8) is 0 Å². The Labute approximate surface area is 100 Å². The van der Waals surface area contributed by atoms with Crippen LogP contribution in [0.5, 0.6) is 0 Å². The second kappa shape index (κ2) is 5.23. The summed E-state index contributed by atoms with van der Waals surface area (Å²) in [5.41, 5.74) is 0.589. The highest BCUT2D eigenvalue weighted by Gasteiger charge is 2.31. The molecule has 0 aromatic carbocycles. The minimum atomic E-state index is -0.508. The fourth-order valence-electron chi connectivity index (χ4n) is 2.08. The fraction of sp³-hybridized carbons (Fsp3) is 0.583. The van der Waals surface area contributed by atoms with Crippen LogP contribution in [0.15, 0.2) is 12.4 Å². The predicted molar refractivity (Wildman–Crippen MR) is 63.4 cm³/mol. The Hall–Kier alpha value is -1.49. The molecule has 5 nitrogen and oxygen atoms in total. The van der Waals surface area contributed by atoms with Crippen molar-refractivity contribution in [2.75, 3.05) is 5.32 Å². The van der Waals surface area contributed by atoms with E-state index < -0.39 is 6.10 Å². The van der Waals surface area contributed by atoms with Gasteiger partial charge in [-0.2, -0.15) is 0 Å². The molecule has 1 fully saturated rings. The van der Waals surface area contributed by atoms with Crippen LogP contribution in [-0.4, -0.2) is 27.1 Å². The first kappa shape index (κ1) is 12.0. The van der Waals surface area contributed by atoms with E-state index in [2.05, 4.69) is 15.3 Å². The number of nitrogens with one attached hydrogen (secondary N) is 1. The van der Waals surface area contributed by atoms with Crippen LogP contribution in [0, 0.1) is 5.92 Å². The maximum Gasteiger partial charge on any atom is 0.230 e. The standard InChI is InChI=1S/C12H17N3O2/c1-2-11-13-6-8(7-14-11)15-12(17)9-4-3-5-10(9)16/h6-7,9-10,16H,2-5H2,1H3,(H,15,17). The fourth-order valence-corrected chi connectivity index (χ4v) is 2.08. The van der Waals surface area contributed by atoms with E-state index in [1.54, 1.807) is 12.4 Å². The second-order valence-corrected chi connectivity index (χ2v) is 4.34. The van der Waals surface area contributed by atoms with Crippen molar-refractivity contribution in [2.24, 2.45) is 5.92 Å². The van der Waals surface area contributed by atoms with Crippen LogP contribution < -0.4 is 5.32 Å². The first-order valence-electron chi connectivity index (χ1n) is 6.00. The topological polar surface area (TPSA) is 75.1 Å². The molecular formula is C12H17N3O2. The molecule has 92 valence electrons. The molecule has 1 heterocycles. The monoisotopic (exact) mass is 235 g/mol. The van der Waals surface area contributed by atoms with Gasteiger partial charge in [-0.1, -0.05) is 6.92 Å². The molecule has 1 aliphatic rings. The third kappa shape index (κ3) is 2.79. The summed E-state index contributed by atoms with van der Waals surface area (Å²) in [5, 5.41) is 12.4. The molecule has 0 spiro atoms. The number of amides is 1. The summed E-state index contributed by atoms with van der Waals surface area (Å²) in [4.78, 5) is 20.1. The first-order valence-corrected chi connectivity index (χ1v) is 6.00. The average Bonchev–Trinajstić information content (AvgIpc) is 2.76. The Morgan fingerprint density at radius 3 is 2.71 bits per heavy atom. The normalized spacial score (nSPS) is 23.6. The third-order valence-corrected chi connectivity index (χ3v) is 3.11. The van der Waals surface area contributed by atoms with Gasteiger partial charge >= 0.3 is 0 Å². The van der Waals surface area contributed by atoms with Crippen LogP contribution in [0.25, 0.3) is 0 Å². The summed E-state index contributed by atoms with van der Waals surface area (Å²) in [6.45, 7) is 1.97. The van der Waals surface area contributed by atoms with Crippen molar-refractivity contribution < 1.29 is 9.90 Å². The van der Waals surface area contributed by atoms with Crippen LogP contribution in [0.4, 0.5) is 5.69 Å². The van der Waals surface area contributed by atoms with E-state index in [9.17, 15) is 9.90 Å². The lowest BCUT2D eigenvalue weighted by Crippen LogP contribution is -2.28. The minimum absolute atomic E-state index is 0.136. The molecule has 0 aliphatic heterocycles. The number of carbonyl (C=O) groups excluding carboxylic acids is 1. The van der Waals surface area contributed by atoms with Gasteiger partial charge in [0.2, 0.25) is 5.91 Å². The minimum Gasteiger partial charge on any atom is -0.392 e. The van der Waals surface area contributed by atoms with Gasteiger partial charge in [0.15, 0.2) is 0 Å². The Morgan fingerprint density at radius 1 is 1.47 bits per heavy atom. The number of hydrogen-bond donors (Lipinski definition) is 2. The molecule has 2 N–H and O–H groups in total. The maximum absolute atomic E-state index is 11.9. The molecule has 1 aromatic rings. The van der Waals surface area contributed by atoms with Gasteiger partial charge in [0.05, 0.1) is 30.1 Å². The zero-order valence-electron chi connectivity index (χ0n) is 9.89. The van der Waals surface area contributed by atoms with Crippen molar-refractivity contribution in [3.8, 4) is 0 Å². The molecule has 17 heavy (non-hydrogen) atoms. The highest BCUT2D eigenvalue weighted by Crippen LogP contribution is 2.26. The van der Waals surface area contributed by atoms with Gasteiger partial charge in [-0.15, -0.1) is 0 Å². The van der Waals surface area contributed by atoms with E-state index in [1.165, 1.54) is 0 Å². The van der Waals surface area contributed by atoms with Gasteiger partial charge in [-0.25, -0.2) is 9.97 Å². The molecule has 5 heteroatoms. The maximum atomic E-state index is 11.9. The summed E-state index contributed by atoms with van der Waals surface area (Å²) in [5.74, 6) is 0.326. The lowest BCUT2D eigenvalue weighted by Gasteiger charge is -2.13. The third-order valence-electron chi connectivity index (χ3n) is 3.11. The molecule has 0 saturated heterocycles. The van der Waals surface area contributed by atoms with Crippen molar-refractivity contribution in [3.05, 3.63) is 18.2 Å². The Bertz CT molecular complexity index is 391. The molecule has 1 amide bonds. The van der Waals surface area contributed by atoms with Crippen molar-refractivity contribution in [1.82, 2.24) is 9.97 Å². The van der Waals surface area contributed by atoms with Crippen molar-refractivity contribution in [1.29, 1.82) is 0 Å². The molecule has 1 saturated carbocycles. The summed E-state index contributed by atoms with van der Waals surface area (Å²) < 4.78 is 0. The van der Waals surface area contributed by atoms with E-state index in [4.69, 9.17) is 0 Å². The van der Waals surface area contributed by atoms with E-state index in [0.717, 1.165) is 25.1 Å². The number of hydrogen-bond acceptors (Lipinski definition) is 4. The molecule has 2 atom stereocenters. The zero-order valence-corrected chi connectivity index (χ0v) is 9.89. The lowest BCUT2D eigenvalue weighted by atomic mass is 10.1. The van der Waals surface area contributed by atoms with E-state index >= 15 is 0 Å². The number of aryl methyl sites for hydroxylation is 1. The van der Waals surface area contributed by atoms with Crippen LogP contribution >= 0.6 is 0 Å². The molecular weight excluding hydrogens is 218 g/mol. The van der Waals surface area contributed by atoms with Gasteiger partial charge in [0.25, 0.3) is 0 Å². The number of aliphatic hydroxyl groups excluding tert-OH is 1. The van der Waals surface area contributed by atoms with E-state index in [0.29, 0.717) is 12.1 Å². The number of aromatic nitrogens is 2. The number of aliphatic hydroxyl groups is 1. The lowest BCUT2D eigenvalue weighted by molar-refractivity contribution is -0.122. The van der Waals surface area contributed by atoms with Gasteiger partial charge in [0, 0.05) is 6.42 Å². The molecule has 1 aliphatic carbocycles. The Kier molecular flexibility index (Phi) is 3.68. The summed E-state index contributed by atoms with van der Waals surface area (Å²) in [6, 6.07) is 0. The number of nitrogens with zero attached hydrogens (tertiary/aromatic N) is 2. The predicted octanol–water partition coefficient (Wildman–Crippen LogP) is 1.14. The Morgan fingerprint density at radius 2 is 2.18 bits per heavy atom. The number of anilines is 1. The highest BCUT2D eigenvalue weighted by molar-refractivity contribution is 5.92. The summed E-state index contributed by atoms with van der Waals surface area (Å²) in [6.07, 6.45) is 5.84. The molecule has 0 bridgehead atoms. The highest BCUT2D eigenvalue weighted by atomic mass is 16.3. The van der Waals surface area contributed by atoms with Crippen LogP contribution in [-0.2, 0) is 11.2 Å². The molecule has 2 rings (SSSR count). The first-order chi connectivity index (χ1) is 8.20. The molecule has 1 aromatic heterocycles. The summed E-state index contributed by atoms with van der Waals surface area (Å²) in [7, 11) is 0. The SMILES string of the molecule is CCc1ncc(NC(=O)C2CCCC2O)cn1. The second-order valence-electron chi connectivity index (χ2n) is 4.34. The smallest absolute Gasteiger partial charge is 0.230 e. The average molecular weight is 235 g/mol. The van der Waals surface area contributed by atoms with E-state index in [1.807, 2.05) is 6.92 Å². The quantitative estimate of drug-likeness (QED) is 0.823. The number of rotatable bonds is 3. The van der Waals surface area contributed by atoms with Crippen molar-refractivity contribution in [2.45, 2.75) is 38.7 Å². The zero-order chi connectivity index (χ0) is 12.3. The Balaban J connectivity index is 1.97. The van der Waals surface area contributed by atoms with Gasteiger partial charge in [-0.05, 0) is 19.3 Å².